The molecule has 20 heavy (non-hydrogen) atoms. The van der Waals surface area contributed by atoms with Crippen LogP contribution in [-0.2, 0) is 0 Å². The van der Waals surface area contributed by atoms with E-state index >= 15 is 0 Å². The second-order valence-corrected chi connectivity index (χ2v) is 5.44. The third-order valence-corrected chi connectivity index (χ3v) is 3.22. The van der Waals surface area contributed by atoms with Crippen LogP contribution >= 0.6 is 0 Å². The number of rotatable bonds is 9. The van der Waals surface area contributed by atoms with E-state index in [0.717, 1.165) is 6.42 Å². The number of aromatic nitrogens is 1. The van der Waals surface area contributed by atoms with Crippen molar-refractivity contribution in [3.63, 3.8) is 0 Å². The average molecular weight is 280 g/mol. The zero-order valence-corrected chi connectivity index (χ0v) is 13.2. The van der Waals surface area contributed by atoms with E-state index in [2.05, 4.69) is 18.8 Å². The summed E-state index contributed by atoms with van der Waals surface area (Å²) in [4.78, 5) is 4.33. The maximum absolute atomic E-state index is 5.84. The Bertz CT molecular complexity index is 394. The summed E-state index contributed by atoms with van der Waals surface area (Å²) in [6.45, 7) is 9.02. The fourth-order valence-electron chi connectivity index (χ4n) is 1.93. The van der Waals surface area contributed by atoms with Gasteiger partial charge in [0, 0.05) is 6.07 Å². The highest BCUT2D eigenvalue weighted by Crippen LogP contribution is 2.24. The van der Waals surface area contributed by atoms with E-state index in [0.29, 0.717) is 30.0 Å². The fourth-order valence-corrected chi connectivity index (χ4v) is 1.93. The molecule has 0 fully saturated rings. The first-order valence-corrected chi connectivity index (χ1v) is 7.62. The molecule has 4 heteroatoms. The molecule has 0 amide bonds. The molecule has 1 aromatic rings. The van der Waals surface area contributed by atoms with Crippen molar-refractivity contribution in [2.45, 2.75) is 59.5 Å². The molecule has 0 saturated heterocycles. The molecule has 0 aromatic carbocycles. The summed E-state index contributed by atoms with van der Waals surface area (Å²) >= 11 is 0. The number of ether oxygens (including phenoxy) is 2. The summed E-state index contributed by atoms with van der Waals surface area (Å²) in [7, 11) is 0. The lowest BCUT2D eigenvalue weighted by Gasteiger charge is -2.16. The molecular formula is C16H28N2O2. The van der Waals surface area contributed by atoms with Crippen LogP contribution in [-0.4, -0.2) is 17.7 Å². The summed E-state index contributed by atoms with van der Waals surface area (Å²) in [5.74, 6) is 1.63. The van der Waals surface area contributed by atoms with Crippen LogP contribution in [0.4, 0.5) is 5.69 Å². The first-order chi connectivity index (χ1) is 9.56. The van der Waals surface area contributed by atoms with Crippen LogP contribution in [0.1, 0.15) is 53.4 Å². The molecule has 0 radical (unpaired) electrons. The van der Waals surface area contributed by atoms with Gasteiger partial charge in [-0.2, -0.15) is 4.98 Å². The van der Waals surface area contributed by atoms with Crippen molar-refractivity contribution in [1.29, 1.82) is 0 Å². The van der Waals surface area contributed by atoms with Gasteiger partial charge in [0.25, 0.3) is 0 Å². The molecule has 1 rings (SSSR count). The topological polar surface area (TPSA) is 57.4 Å². The smallest absolute Gasteiger partial charge is 0.240 e. The Balaban J connectivity index is 2.58. The largest absolute Gasteiger partial charge is 0.477 e. The van der Waals surface area contributed by atoms with Gasteiger partial charge in [-0.25, -0.2) is 0 Å². The van der Waals surface area contributed by atoms with Crippen LogP contribution in [0, 0.1) is 5.92 Å². The van der Waals surface area contributed by atoms with Gasteiger partial charge < -0.3 is 15.2 Å². The molecule has 114 valence electrons. The second kappa shape index (κ2) is 8.67. The van der Waals surface area contributed by atoms with Crippen molar-refractivity contribution in [3.05, 3.63) is 12.1 Å². The summed E-state index contributed by atoms with van der Waals surface area (Å²) in [6, 6.07) is 3.59. The Morgan fingerprint density at radius 1 is 1.25 bits per heavy atom. The Morgan fingerprint density at radius 3 is 2.60 bits per heavy atom. The number of nitrogens with zero attached hydrogens (tertiary/aromatic N) is 1. The molecule has 0 aliphatic heterocycles. The lowest BCUT2D eigenvalue weighted by atomic mass is 10.0. The predicted octanol–water partition coefficient (Wildman–Crippen LogP) is 4.05. The molecule has 0 bridgehead atoms. The van der Waals surface area contributed by atoms with Crippen molar-refractivity contribution in [2.24, 2.45) is 5.92 Å². The van der Waals surface area contributed by atoms with Crippen LogP contribution in [0.25, 0.3) is 0 Å². The molecule has 4 nitrogen and oxygen atoms in total. The van der Waals surface area contributed by atoms with Gasteiger partial charge in [-0.3, -0.25) is 0 Å². The van der Waals surface area contributed by atoms with Gasteiger partial charge in [0.15, 0.2) is 0 Å². The summed E-state index contributed by atoms with van der Waals surface area (Å²) in [5.41, 5.74) is 6.39. The van der Waals surface area contributed by atoms with E-state index in [-0.39, 0.29) is 6.10 Å². The second-order valence-electron chi connectivity index (χ2n) is 5.44. The number of nitrogens with two attached hydrogens (primary N) is 1. The standard InChI is InChI=1S/C16H28N2O2/c1-5-7-8-13(6-2)11-19-15-10-9-14(17)16(18-15)20-12(3)4/h9-10,12-13H,5-8,11,17H2,1-4H3. The molecule has 0 aliphatic rings. The van der Waals surface area contributed by atoms with Gasteiger partial charge in [-0.05, 0) is 32.3 Å². The minimum absolute atomic E-state index is 0.0491. The maximum atomic E-state index is 5.84. The Labute approximate surface area is 122 Å². The lowest BCUT2D eigenvalue weighted by Crippen LogP contribution is -2.13. The molecule has 2 N–H and O–H groups in total. The molecule has 1 aromatic heterocycles. The lowest BCUT2D eigenvalue weighted by molar-refractivity contribution is 0.210. The number of nitrogen functional groups attached to an aromatic ring is 1. The van der Waals surface area contributed by atoms with Gasteiger partial charge >= 0.3 is 0 Å². The normalized spacial score (nSPS) is 12.4. The Hall–Kier alpha value is -1.45. The van der Waals surface area contributed by atoms with Crippen LogP contribution in [0.3, 0.4) is 0 Å². The minimum atomic E-state index is 0.0491. The van der Waals surface area contributed by atoms with Crippen molar-refractivity contribution < 1.29 is 9.47 Å². The summed E-state index contributed by atoms with van der Waals surface area (Å²) in [5, 5.41) is 0. The van der Waals surface area contributed by atoms with E-state index in [1.807, 2.05) is 13.8 Å². The van der Waals surface area contributed by atoms with Crippen LogP contribution in [0.2, 0.25) is 0 Å². The van der Waals surface area contributed by atoms with E-state index < -0.39 is 0 Å². The Morgan fingerprint density at radius 2 is 2.00 bits per heavy atom. The summed E-state index contributed by atoms with van der Waals surface area (Å²) in [6.07, 6.45) is 4.86. The number of unbranched alkanes of at least 4 members (excludes halogenated alkanes) is 1. The van der Waals surface area contributed by atoms with E-state index in [9.17, 15) is 0 Å². The molecule has 0 aliphatic carbocycles. The molecule has 1 atom stereocenters. The Kier molecular flexibility index (Phi) is 7.20. The van der Waals surface area contributed by atoms with Gasteiger partial charge in [-0.1, -0.05) is 33.1 Å². The molecule has 0 saturated carbocycles. The van der Waals surface area contributed by atoms with Gasteiger partial charge in [-0.15, -0.1) is 0 Å². The molecule has 0 spiro atoms. The number of anilines is 1. The zero-order valence-electron chi connectivity index (χ0n) is 13.2. The van der Waals surface area contributed by atoms with Crippen LogP contribution in [0.5, 0.6) is 11.8 Å². The van der Waals surface area contributed by atoms with E-state index in [1.54, 1.807) is 12.1 Å². The fraction of sp³-hybridized carbons (Fsp3) is 0.688. The van der Waals surface area contributed by atoms with Crippen molar-refractivity contribution in [3.8, 4) is 11.8 Å². The summed E-state index contributed by atoms with van der Waals surface area (Å²) < 4.78 is 11.4. The maximum Gasteiger partial charge on any atom is 0.240 e. The third-order valence-electron chi connectivity index (χ3n) is 3.22. The predicted molar refractivity (Wildman–Crippen MR) is 83.2 cm³/mol. The zero-order chi connectivity index (χ0) is 15.0. The van der Waals surface area contributed by atoms with Gasteiger partial charge in [0.05, 0.1) is 18.4 Å². The van der Waals surface area contributed by atoms with Crippen molar-refractivity contribution in [2.75, 3.05) is 12.3 Å². The van der Waals surface area contributed by atoms with Crippen molar-refractivity contribution in [1.82, 2.24) is 4.98 Å². The number of pyridine rings is 1. The van der Waals surface area contributed by atoms with Gasteiger partial charge in [0.2, 0.25) is 11.8 Å². The first kappa shape index (κ1) is 16.6. The molecule has 1 unspecified atom stereocenters. The van der Waals surface area contributed by atoms with E-state index in [4.69, 9.17) is 15.2 Å². The highest BCUT2D eigenvalue weighted by Gasteiger charge is 2.10. The highest BCUT2D eigenvalue weighted by molar-refractivity contribution is 5.49. The van der Waals surface area contributed by atoms with Crippen LogP contribution in [0.15, 0.2) is 12.1 Å². The highest BCUT2D eigenvalue weighted by atomic mass is 16.5. The quantitative estimate of drug-likeness (QED) is 0.741. The van der Waals surface area contributed by atoms with Crippen LogP contribution < -0.4 is 15.2 Å². The van der Waals surface area contributed by atoms with E-state index in [1.165, 1.54) is 19.3 Å². The molecular weight excluding hydrogens is 252 g/mol. The van der Waals surface area contributed by atoms with Crippen molar-refractivity contribution >= 4 is 5.69 Å². The third kappa shape index (κ3) is 5.68. The van der Waals surface area contributed by atoms with Gasteiger partial charge in [0.1, 0.15) is 0 Å². The SMILES string of the molecule is CCCCC(CC)COc1ccc(N)c(OC(C)C)n1. The minimum Gasteiger partial charge on any atom is -0.477 e. The number of hydrogen-bond acceptors (Lipinski definition) is 4. The first-order valence-electron chi connectivity index (χ1n) is 7.62. The average Bonchev–Trinajstić information content (AvgIpc) is 2.42. The monoisotopic (exact) mass is 280 g/mol. The molecule has 1 heterocycles. The number of hydrogen-bond donors (Lipinski definition) is 1.